The van der Waals surface area contributed by atoms with Gasteiger partial charge in [0.05, 0.1) is 12.5 Å². The summed E-state index contributed by atoms with van der Waals surface area (Å²) in [6.45, 7) is 0.726. The summed E-state index contributed by atoms with van der Waals surface area (Å²) >= 11 is 6.27. The number of rotatable bonds is 3. The van der Waals surface area contributed by atoms with Crippen molar-refractivity contribution in [3.05, 3.63) is 70.5 Å². The zero-order valence-corrected chi connectivity index (χ0v) is 12.9. The average Bonchev–Trinajstić information content (AvgIpc) is 2.97. The standard InChI is InChI=1S/C18H17ClFNO/c19-16-8-2-1-7-15(16)17-9-4-10-21(17)18(22)12-13-5-3-6-14(20)11-13/h1-3,5-8,11,17H,4,9-10,12H2/t17-/m0/s1. The molecule has 1 atom stereocenters. The van der Waals surface area contributed by atoms with E-state index >= 15 is 0 Å². The van der Waals surface area contributed by atoms with Gasteiger partial charge < -0.3 is 4.90 Å². The molecule has 0 N–H and O–H groups in total. The zero-order chi connectivity index (χ0) is 15.5. The van der Waals surface area contributed by atoms with Gasteiger partial charge in [-0.1, -0.05) is 41.9 Å². The van der Waals surface area contributed by atoms with Crippen LogP contribution < -0.4 is 0 Å². The fourth-order valence-electron chi connectivity index (χ4n) is 3.06. The molecule has 2 nitrogen and oxygen atoms in total. The highest BCUT2D eigenvalue weighted by atomic mass is 35.5. The van der Waals surface area contributed by atoms with Crippen molar-refractivity contribution in [1.29, 1.82) is 0 Å². The molecular weight excluding hydrogens is 301 g/mol. The molecule has 1 fully saturated rings. The SMILES string of the molecule is O=C(Cc1cccc(F)c1)N1CCC[C@H]1c1ccccc1Cl. The van der Waals surface area contributed by atoms with E-state index in [1.54, 1.807) is 12.1 Å². The number of hydrogen-bond acceptors (Lipinski definition) is 1. The number of carbonyl (C=O) groups excluding carboxylic acids is 1. The molecule has 0 radical (unpaired) electrons. The summed E-state index contributed by atoms with van der Waals surface area (Å²) in [6.07, 6.45) is 2.10. The Balaban J connectivity index is 1.78. The normalized spacial score (nSPS) is 17.7. The lowest BCUT2D eigenvalue weighted by atomic mass is 10.0. The molecule has 114 valence electrons. The second-order valence-corrected chi connectivity index (χ2v) is 5.98. The van der Waals surface area contributed by atoms with E-state index in [-0.39, 0.29) is 24.2 Å². The molecule has 0 spiro atoms. The maximum absolute atomic E-state index is 13.2. The summed E-state index contributed by atoms with van der Waals surface area (Å²) in [7, 11) is 0. The van der Waals surface area contributed by atoms with Crippen LogP contribution in [-0.4, -0.2) is 17.4 Å². The van der Waals surface area contributed by atoms with Gasteiger partial charge in [0, 0.05) is 11.6 Å². The van der Waals surface area contributed by atoms with E-state index in [9.17, 15) is 9.18 Å². The summed E-state index contributed by atoms with van der Waals surface area (Å²) < 4.78 is 13.2. The van der Waals surface area contributed by atoms with Gasteiger partial charge in [-0.3, -0.25) is 4.79 Å². The summed E-state index contributed by atoms with van der Waals surface area (Å²) in [5.41, 5.74) is 1.70. The largest absolute Gasteiger partial charge is 0.335 e. The summed E-state index contributed by atoms with van der Waals surface area (Å²) in [4.78, 5) is 14.4. The minimum Gasteiger partial charge on any atom is -0.335 e. The number of nitrogens with zero attached hydrogens (tertiary/aromatic N) is 1. The number of halogens is 2. The summed E-state index contributed by atoms with van der Waals surface area (Å²) in [5.74, 6) is -0.289. The molecule has 1 saturated heterocycles. The molecule has 2 aromatic rings. The van der Waals surface area contributed by atoms with Crippen LogP contribution in [0.25, 0.3) is 0 Å². The first-order chi connectivity index (χ1) is 10.6. The van der Waals surface area contributed by atoms with E-state index in [2.05, 4.69) is 0 Å². The van der Waals surface area contributed by atoms with Gasteiger partial charge in [-0.15, -0.1) is 0 Å². The monoisotopic (exact) mass is 317 g/mol. The predicted molar refractivity (Wildman–Crippen MR) is 85.2 cm³/mol. The van der Waals surface area contributed by atoms with Crippen LogP contribution in [0.15, 0.2) is 48.5 Å². The van der Waals surface area contributed by atoms with Gasteiger partial charge in [0.2, 0.25) is 5.91 Å². The van der Waals surface area contributed by atoms with Crippen LogP contribution in [0, 0.1) is 5.82 Å². The molecule has 3 rings (SSSR count). The van der Waals surface area contributed by atoms with Crippen molar-refractivity contribution >= 4 is 17.5 Å². The van der Waals surface area contributed by atoms with Crippen LogP contribution in [0.5, 0.6) is 0 Å². The van der Waals surface area contributed by atoms with E-state index in [1.165, 1.54) is 12.1 Å². The van der Waals surface area contributed by atoms with Gasteiger partial charge in [0.25, 0.3) is 0 Å². The van der Waals surface area contributed by atoms with Crippen molar-refractivity contribution in [3.8, 4) is 0 Å². The molecule has 0 aromatic heterocycles. The van der Waals surface area contributed by atoms with Gasteiger partial charge in [0.15, 0.2) is 0 Å². The Morgan fingerprint density at radius 2 is 2.05 bits per heavy atom. The molecule has 1 aliphatic rings. The number of benzene rings is 2. The van der Waals surface area contributed by atoms with Gasteiger partial charge >= 0.3 is 0 Å². The topological polar surface area (TPSA) is 20.3 Å². The van der Waals surface area contributed by atoms with Crippen molar-refractivity contribution in [1.82, 2.24) is 4.90 Å². The van der Waals surface area contributed by atoms with E-state index in [0.717, 1.165) is 24.9 Å². The smallest absolute Gasteiger partial charge is 0.227 e. The molecule has 1 amide bonds. The molecule has 0 bridgehead atoms. The highest BCUT2D eigenvalue weighted by molar-refractivity contribution is 6.31. The maximum Gasteiger partial charge on any atom is 0.227 e. The van der Waals surface area contributed by atoms with Gasteiger partial charge in [0.1, 0.15) is 5.82 Å². The molecule has 4 heteroatoms. The molecule has 22 heavy (non-hydrogen) atoms. The minimum atomic E-state index is -0.311. The Morgan fingerprint density at radius 3 is 2.82 bits per heavy atom. The van der Waals surface area contributed by atoms with Gasteiger partial charge in [-0.05, 0) is 42.2 Å². The third kappa shape index (κ3) is 3.14. The van der Waals surface area contributed by atoms with Crippen molar-refractivity contribution < 1.29 is 9.18 Å². The van der Waals surface area contributed by atoms with Crippen molar-refractivity contribution in [3.63, 3.8) is 0 Å². The molecule has 1 aliphatic heterocycles. The zero-order valence-electron chi connectivity index (χ0n) is 12.1. The third-order valence-electron chi connectivity index (χ3n) is 4.08. The lowest BCUT2D eigenvalue weighted by molar-refractivity contribution is -0.131. The lowest BCUT2D eigenvalue weighted by Gasteiger charge is -2.26. The average molecular weight is 318 g/mol. The fourth-order valence-corrected chi connectivity index (χ4v) is 3.32. The Bertz CT molecular complexity index is 688. The Morgan fingerprint density at radius 1 is 1.23 bits per heavy atom. The van der Waals surface area contributed by atoms with Crippen LogP contribution in [0.3, 0.4) is 0 Å². The van der Waals surface area contributed by atoms with Crippen molar-refractivity contribution in [2.75, 3.05) is 6.54 Å². The minimum absolute atomic E-state index is 0.0213. The molecule has 1 heterocycles. The maximum atomic E-state index is 13.2. The number of likely N-dealkylation sites (tertiary alicyclic amines) is 1. The predicted octanol–water partition coefficient (Wildman–Crippen LogP) is 4.39. The summed E-state index contributed by atoms with van der Waals surface area (Å²) in [6, 6.07) is 13.9. The molecule has 0 saturated carbocycles. The van der Waals surface area contributed by atoms with E-state index in [0.29, 0.717) is 10.6 Å². The molecule has 2 aromatic carbocycles. The van der Waals surface area contributed by atoms with Gasteiger partial charge in [-0.2, -0.15) is 0 Å². The summed E-state index contributed by atoms with van der Waals surface area (Å²) in [5, 5.41) is 0.693. The number of carbonyl (C=O) groups is 1. The Labute approximate surface area is 134 Å². The lowest BCUT2D eigenvalue weighted by Crippen LogP contribution is -2.32. The van der Waals surface area contributed by atoms with Crippen molar-refractivity contribution in [2.45, 2.75) is 25.3 Å². The van der Waals surface area contributed by atoms with Crippen LogP contribution in [-0.2, 0) is 11.2 Å². The molecule has 0 unspecified atom stereocenters. The van der Waals surface area contributed by atoms with Crippen LogP contribution >= 0.6 is 11.6 Å². The first kappa shape index (κ1) is 15.0. The third-order valence-corrected chi connectivity index (χ3v) is 4.43. The second kappa shape index (κ2) is 6.49. The van der Waals surface area contributed by atoms with Crippen molar-refractivity contribution in [2.24, 2.45) is 0 Å². The number of amides is 1. The molecular formula is C18H17ClFNO. The quantitative estimate of drug-likeness (QED) is 0.822. The van der Waals surface area contributed by atoms with Gasteiger partial charge in [-0.25, -0.2) is 4.39 Å². The van der Waals surface area contributed by atoms with Crippen LogP contribution in [0.1, 0.15) is 30.0 Å². The fraction of sp³-hybridized carbons (Fsp3) is 0.278. The van der Waals surface area contributed by atoms with Crippen LogP contribution in [0.2, 0.25) is 5.02 Å². The molecule has 0 aliphatic carbocycles. The first-order valence-corrected chi connectivity index (χ1v) is 7.81. The van der Waals surface area contributed by atoms with E-state index in [4.69, 9.17) is 11.6 Å². The first-order valence-electron chi connectivity index (χ1n) is 7.43. The highest BCUT2D eigenvalue weighted by Gasteiger charge is 2.30. The second-order valence-electron chi connectivity index (χ2n) is 5.57. The van der Waals surface area contributed by atoms with E-state index in [1.807, 2.05) is 29.2 Å². The van der Waals surface area contributed by atoms with Crippen LogP contribution in [0.4, 0.5) is 4.39 Å². The van der Waals surface area contributed by atoms with E-state index < -0.39 is 0 Å². The Hall–Kier alpha value is -1.87. The highest BCUT2D eigenvalue weighted by Crippen LogP contribution is 2.35. The number of hydrogen-bond donors (Lipinski definition) is 0. The Kier molecular flexibility index (Phi) is 4.44.